The van der Waals surface area contributed by atoms with Crippen LogP contribution >= 0.6 is 11.6 Å². The van der Waals surface area contributed by atoms with Gasteiger partial charge in [-0.05, 0) is 20.8 Å². The molecule has 0 spiro atoms. The van der Waals surface area contributed by atoms with Crippen LogP contribution in [0.5, 0.6) is 0 Å². The molecule has 1 saturated heterocycles. The first-order valence-corrected chi connectivity index (χ1v) is 8.53. The molecule has 3 heterocycles. The lowest BCUT2D eigenvalue weighted by Gasteiger charge is -2.36. The number of nitrogens with zero attached hydrogens (tertiary/aromatic N) is 5. The average Bonchev–Trinajstić information content (AvgIpc) is 2.95. The molecule has 3 rings (SSSR count). The monoisotopic (exact) mass is 367 g/mol. The van der Waals surface area contributed by atoms with Gasteiger partial charge in [0.15, 0.2) is 0 Å². The highest BCUT2D eigenvalue weighted by molar-refractivity contribution is 6.29. The van der Waals surface area contributed by atoms with Crippen molar-refractivity contribution in [3.63, 3.8) is 0 Å². The van der Waals surface area contributed by atoms with Crippen LogP contribution in [0.3, 0.4) is 0 Å². The first-order chi connectivity index (χ1) is 11.8. The fraction of sp³-hybridized carbons (Fsp3) is 0.562. The van der Waals surface area contributed by atoms with E-state index >= 15 is 0 Å². The second-order valence-electron chi connectivity index (χ2n) is 6.95. The van der Waals surface area contributed by atoms with E-state index < -0.39 is 5.60 Å². The van der Waals surface area contributed by atoms with Gasteiger partial charge in [0.25, 0.3) is 0 Å². The fourth-order valence-corrected chi connectivity index (χ4v) is 2.88. The Bertz CT molecular complexity index is 778. The maximum atomic E-state index is 12.2. The Kier molecular flexibility index (Phi) is 4.75. The molecule has 0 unspecified atom stereocenters. The molecule has 1 N–H and O–H groups in total. The standard InChI is InChI=1S/C16H22ClN5O3/c1-16(2,3)25-15(24)21-6-4-20(5-7-21)14-19-12(17)8-13-18-11(10-23)9-22(13)14/h8-9,23H,4-7,10H2,1-3H3. The Hall–Kier alpha value is -2.06. The number of anilines is 1. The van der Waals surface area contributed by atoms with Gasteiger partial charge in [-0.25, -0.2) is 14.8 Å². The molecule has 2 aromatic rings. The predicted molar refractivity (Wildman–Crippen MR) is 93.9 cm³/mol. The van der Waals surface area contributed by atoms with Crippen LogP contribution < -0.4 is 4.90 Å². The third kappa shape index (κ3) is 3.96. The van der Waals surface area contributed by atoms with Crippen LogP contribution in [0.1, 0.15) is 26.5 Å². The second kappa shape index (κ2) is 6.68. The van der Waals surface area contributed by atoms with E-state index in [1.54, 1.807) is 21.6 Å². The lowest BCUT2D eigenvalue weighted by atomic mass is 10.2. The van der Waals surface area contributed by atoms with Gasteiger partial charge in [0, 0.05) is 38.4 Å². The Balaban J connectivity index is 1.76. The Morgan fingerprint density at radius 1 is 1.28 bits per heavy atom. The van der Waals surface area contributed by atoms with Crippen LogP contribution in [-0.4, -0.2) is 62.2 Å². The van der Waals surface area contributed by atoms with Crippen molar-refractivity contribution >= 4 is 29.3 Å². The zero-order valence-corrected chi connectivity index (χ0v) is 15.3. The number of ether oxygens (including phenoxy) is 1. The Labute approximate surface area is 151 Å². The first-order valence-electron chi connectivity index (χ1n) is 8.15. The van der Waals surface area contributed by atoms with E-state index in [1.165, 1.54) is 0 Å². The first kappa shape index (κ1) is 17.8. The van der Waals surface area contributed by atoms with Crippen LogP contribution in [0.15, 0.2) is 12.3 Å². The van der Waals surface area contributed by atoms with Gasteiger partial charge in [-0.3, -0.25) is 4.40 Å². The highest BCUT2D eigenvalue weighted by atomic mass is 35.5. The summed E-state index contributed by atoms with van der Waals surface area (Å²) in [6.45, 7) is 7.69. The van der Waals surface area contributed by atoms with Crippen LogP contribution in [0.25, 0.3) is 5.65 Å². The number of imidazole rings is 1. The minimum absolute atomic E-state index is 0.148. The molecule has 1 aliphatic rings. The van der Waals surface area contributed by atoms with Crippen molar-refractivity contribution in [3.05, 3.63) is 23.1 Å². The molecular weight excluding hydrogens is 346 g/mol. The van der Waals surface area contributed by atoms with Crippen LogP contribution in [0, 0.1) is 0 Å². The van der Waals surface area contributed by atoms with Gasteiger partial charge in [0.05, 0.1) is 12.3 Å². The molecule has 0 atom stereocenters. The van der Waals surface area contributed by atoms with Crippen LogP contribution in [0.2, 0.25) is 5.15 Å². The summed E-state index contributed by atoms with van der Waals surface area (Å²) < 4.78 is 7.22. The Morgan fingerprint density at radius 2 is 1.96 bits per heavy atom. The van der Waals surface area contributed by atoms with Gasteiger partial charge >= 0.3 is 6.09 Å². The van der Waals surface area contributed by atoms with Crippen molar-refractivity contribution in [2.75, 3.05) is 31.1 Å². The van der Waals surface area contributed by atoms with Crippen molar-refractivity contribution < 1.29 is 14.6 Å². The molecule has 2 aromatic heterocycles. The number of aliphatic hydroxyl groups excluding tert-OH is 1. The zero-order chi connectivity index (χ0) is 18.2. The lowest BCUT2D eigenvalue weighted by Crippen LogP contribution is -2.50. The highest BCUT2D eigenvalue weighted by Gasteiger charge is 2.27. The molecule has 136 valence electrons. The van der Waals surface area contributed by atoms with E-state index in [0.29, 0.717) is 48.6 Å². The van der Waals surface area contributed by atoms with Crippen molar-refractivity contribution in [2.24, 2.45) is 0 Å². The number of hydrogen-bond acceptors (Lipinski definition) is 6. The maximum Gasteiger partial charge on any atom is 0.410 e. The number of carbonyl (C=O) groups is 1. The van der Waals surface area contributed by atoms with Crippen molar-refractivity contribution in [1.29, 1.82) is 0 Å². The van der Waals surface area contributed by atoms with Crippen molar-refractivity contribution in [2.45, 2.75) is 33.0 Å². The van der Waals surface area contributed by atoms with E-state index in [4.69, 9.17) is 16.3 Å². The number of carbonyl (C=O) groups excluding carboxylic acids is 1. The van der Waals surface area contributed by atoms with Gasteiger partial charge in [0.1, 0.15) is 16.4 Å². The van der Waals surface area contributed by atoms with Crippen molar-refractivity contribution in [1.82, 2.24) is 19.3 Å². The van der Waals surface area contributed by atoms with E-state index in [0.717, 1.165) is 0 Å². The number of rotatable bonds is 2. The molecule has 8 nitrogen and oxygen atoms in total. The number of fused-ring (bicyclic) bond motifs is 1. The molecule has 0 aliphatic carbocycles. The quantitative estimate of drug-likeness (QED) is 0.817. The third-order valence-corrected chi connectivity index (χ3v) is 4.02. The molecular formula is C16H22ClN5O3. The number of hydrogen-bond donors (Lipinski definition) is 1. The molecule has 0 bridgehead atoms. The summed E-state index contributed by atoms with van der Waals surface area (Å²) in [5, 5.41) is 9.64. The molecule has 9 heteroatoms. The van der Waals surface area contributed by atoms with Crippen molar-refractivity contribution in [3.8, 4) is 0 Å². The largest absolute Gasteiger partial charge is 0.444 e. The zero-order valence-electron chi connectivity index (χ0n) is 14.6. The van der Waals surface area contributed by atoms with E-state index in [9.17, 15) is 9.90 Å². The topological polar surface area (TPSA) is 83.2 Å². The molecule has 1 fully saturated rings. The highest BCUT2D eigenvalue weighted by Crippen LogP contribution is 2.21. The predicted octanol–water partition coefficient (Wildman–Crippen LogP) is 1.93. The minimum atomic E-state index is -0.508. The van der Waals surface area contributed by atoms with Gasteiger partial charge in [0.2, 0.25) is 5.95 Å². The van der Waals surface area contributed by atoms with Crippen LogP contribution in [0.4, 0.5) is 10.7 Å². The maximum absolute atomic E-state index is 12.2. The molecule has 0 radical (unpaired) electrons. The summed E-state index contributed by atoms with van der Waals surface area (Å²) in [5.74, 6) is 0.651. The molecule has 1 aliphatic heterocycles. The average molecular weight is 368 g/mol. The SMILES string of the molecule is CC(C)(C)OC(=O)N1CCN(c2nc(Cl)cc3nc(CO)cn23)CC1. The number of amides is 1. The van der Waals surface area contributed by atoms with Crippen LogP contribution in [-0.2, 0) is 11.3 Å². The minimum Gasteiger partial charge on any atom is -0.444 e. The molecule has 0 aromatic carbocycles. The van der Waals surface area contributed by atoms with Gasteiger partial charge in [-0.1, -0.05) is 11.6 Å². The summed E-state index contributed by atoms with van der Waals surface area (Å²) in [7, 11) is 0. The summed E-state index contributed by atoms with van der Waals surface area (Å²) in [6, 6.07) is 1.65. The summed E-state index contributed by atoms with van der Waals surface area (Å²) >= 11 is 6.11. The van der Waals surface area contributed by atoms with E-state index in [2.05, 4.69) is 9.97 Å². The summed E-state index contributed by atoms with van der Waals surface area (Å²) in [5.41, 5.74) is 0.679. The smallest absolute Gasteiger partial charge is 0.410 e. The normalized spacial score (nSPS) is 15.7. The Morgan fingerprint density at radius 3 is 2.56 bits per heavy atom. The third-order valence-electron chi connectivity index (χ3n) is 3.83. The number of halogens is 1. The molecule has 1 amide bonds. The second-order valence-corrected chi connectivity index (χ2v) is 7.34. The fourth-order valence-electron chi connectivity index (χ4n) is 2.71. The van der Waals surface area contributed by atoms with E-state index in [-0.39, 0.29) is 12.7 Å². The van der Waals surface area contributed by atoms with Gasteiger partial charge in [-0.2, -0.15) is 0 Å². The lowest BCUT2D eigenvalue weighted by molar-refractivity contribution is 0.0240. The molecule has 0 saturated carbocycles. The number of aromatic nitrogens is 3. The van der Waals surface area contributed by atoms with Gasteiger partial charge < -0.3 is 19.6 Å². The van der Waals surface area contributed by atoms with Gasteiger partial charge in [-0.15, -0.1) is 0 Å². The number of aliphatic hydroxyl groups is 1. The summed E-state index contributed by atoms with van der Waals surface area (Å²) in [4.78, 5) is 24.6. The number of piperazine rings is 1. The van der Waals surface area contributed by atoms with E-state index in [1.807, 2.05) is 25.7 Å². The summed E-state index contributed by atoms with van der Waals surface area (Å²) in [6.07, 6.45) is 1.44. The molecule has 25 heavy (non-hydrogen) atoms.